The average molecular weight is 602 g/mol. The van der Waals surface area contributed by atoms with E-state index in [1.165, 1.54) is 19.0 Å². The Bertz CT molecular complexity index is 1320. The molecule has 3 rings (SSSR count). The molecule has 0 aliphatic rings. The van der Waals surface area contributed by atoms with E-state index in [0.29, 0.717) is 12.2 Å². The minimum atomic E-state index is -4.00. The van der Waals surface area contributed by atoms with Gasteiger partial charge < -0.3 is 10.2 Å². The van der Waals surface area contributed by atoms with Crippen molar-refractivity contribution in [2.45, 2.75) is 25.9 Å². The van der Waals surface area contributed by atoms with Crippen molar-refractivity contribution < 1.29 is 18.0 Å². The summed E-state index contributed by atoms with van der Waals surface area (Å²) in [5.41, 5.74) is 2.04. The predicted octanol–water partition coefficient (Wildman–Crippen LogP) is 3.84. The van der Waals surface area contributed by atoms with Crippen LogP contribution >= 0.6 is 15.9 Å². The number of halogens is 1. The smallest absolute Gasteiger partial charge is 0.304 e. The van der Waals surface area contributed by atoms with Crippen LogP contribution in [0.1, 0.15) is 18.1 Å². The van der Waals surface area contributed by atoms with Gasteiger partial charge in [0.05, 0.1) is 5.69 Å². The summed E-state index contributed by atoms with van der Waals surface area (Å²) in [5.74, 6) is -0.798. The first-order valence-electron chi connectivity index (χ1n) is 12.2. The summed E-state index contributed by atoms with van der Waals surface area (Å²) in [6.07, 6.45) is 0.276. The van der Waals surface area contributed by atoms with Crippen LogP contribution in [0.5, 0.6) is 0 Å². The molecule has 202 valence electrons. The molecule has 0 heterocycles. The summed E-state index contributed by atoms with van der Waals surface area (Å²) in [6, 6.07) is 24.5. The normalized spacial score (nSPS) is 12.1. The Morgan fingerprint density at radius 3 is 2.08 bits per heavy atom. The Hall–Kier alpha value is -3.21. The molecule has 0 aliphatic heterocycles. The predicted molar refractivity (Wildman–Crippen MR) is 154 cm³/mol. The monoisotopic (exact) mass is 600 g/mol. The lowest BCUT2D eigenvalue weighted by Gasteiger charge is -2.34. The van der Waals surface area contributed by atoms with E-state index in [0.717, 1.165) is 24.2 Å². The zero-order valence-corrected chi connectivity index (χ0v) is 24.2. The molecular weight excluding hydrogens is 568 g/mol. The second-order valence-corrected chi connectivity index (χ2v) is 11.9. The first-order valence-corrected chi connectivity index (χ1v) is 14.4. The third-order valence-corrected chi connectivity index (χ3v) is 8.24. The van der Waals surface area contributed by atoms with Gasteiger partial charge in [0.2, 0.25) is 11.8 Å². The summed E-state index contributed by atoms with van der Waals surface area (Å²) in [4.78, 5) is 28.9. The summed E-state index contributed by atoms with van der Waals surface area (Å²) >= 11 is 3.47. The van der Waals surface area contributed by atoms with E-state index >= 15 is 0 Å². The third kappa shape index (κ3) is 7.66. The molecule has 0 saturated heterocycles. The zero-order valence-electron chi connectivity index (χ0n) is 21.7. The largest absolute Gasteiger partial charge is 0.355 e. The standard InChI is InChI=1S/C28H33BrN4O4S/c1-4-30-28(35)26(19-22-12-7-5-8-13-22)32(20-23-14-11-15-24(29)18-23)27(34)21-33(38(36,37)31(2)3)25-16-9-6-10-17-25/h5-18,26H,4,19-21H2,1-3H3,(H,30,35)/t26-/m0/s1. The van der Waals surface area contributed by atoms with E-state index in [2.05, 4.69) is 21.2 Å². The highest BCUT2D eigenvalue weighted by Crippen LogP contribution is 2.22. The second-order valence-electron chi connectivity index (χ2n) is 8.88. The number of amides is 2. The average Bonchev–Trinajstić information content (AvgIpc) is 2.90. The maximum Gasteiger partial charge on any atom is 0.304 e. The fourth-order valence-electron chi connectivity index (χ4n) is 3.99. The van der Waals surface area contributed by atoms with Crippen molar-refractivity contribution in [2.75, 3.05) is 31.5 Å². The number of rotatable bonds is 12. The van der Waals surface area contributed by atoms with Crippen LogP contribution in [0.25, 0.3) is 0 Å². The van der Waals surface area contributed by atoms with Gasteiger partial charge in [-0.2, -0.15) is 12.7 Å². The highest BCUT2D eigenvalue weighted by atomic mass is 79.9. The van der Waals surface area contributed by atoms with E-state index < -0.39 is 28.7 Å². The minimum Gasteiger partial charge on any atom is -0.355 e. The maximum absolute atomic E-state index is 14.0. The molecule has 0 unspecified atom stereocenters. The molecule has 1 atom stereocenters. The summed E-state index contributed by atoms with van der Waals surface area (Å²) in [7, 11) is -1.17. The molecule has 0 saturated carbocycles. The lowest BCUT2D eigenvalue weighted by atomic mass is 10.0. The van der Waals surface area contributed by atoms with E-state index in [4.69, 9.17) is 0 Å². The van der Waals surface area contributed by atoms with Gasteiger partial charge in [-0.05, 0) is 42.3 Å². The van der Waals surface area contributed by atoms with Crippen LogP contribution in [-0.2, 0) is 32.8 Å². The Balaban J connectivity index is 2.06. The molecule has 2 amide bonds. The number of carbonyl (C=O) groups is 2. The molecule has 0 aromatic heterocycles. The van der Waals surface area contributed by atoms with Crippen molar-refractivity contribution in [2.24, 2.45) is 0 Å². The second kappa shape index (κ2) is 13.5. The number of anilines is 1. The molecule has 0 radical (unpaired) electrons. The van der Waals surface area contributed by atoms with Crippen molar-refractivity contribution in [3.8, 4) is 0 Å². The van der Waals surface area contributed by atoms with E-state index in [1.807, 2.05) is 61.5 Å². The highest BCUT2D eigenvalue weighted by Gasteiger charge is 2.34. The van der Waals surface area contributed by atoms with Crippen LogP contribution in [0.15, 0.2) is 89.4 Å². The van der Waals surface area contributed by atoms with Gasteiger partial charge in [-0.3, -0.25) is 9.59 Å². The van der Waals surface area contributed by atoms with Crippen molar-refractivity contribution in [1.82, 2.24) is 14.5 Å². The summed E-state index contributed by atoms with van der Waals surface area (Å²) in [6.45, 7) is 1.87. The van der Waals surface area contributed by atoms with Crippen LogP contribution in [0.2, 0.25) is 0 Å². The molecule has 1 N–H and O–H groups in total. The molecule has 0 aliphatic carbocycles. The minimum absolute atomic E-state index is 0.123. The molecule has 8 nitrogen and oxygen atoms in total. The van der Waals surface area contributed by atoms with Crippen molar-refractivity contribution in [3.05, 3.63) is 101 Å². The quantitative estimate of drug-likeness (QED) is 0.342. The number of hydrogen-bond acceptors (Lipinski definition) is 4. The lowest BCUT2D eigenvalue weighted by Crippen LogP contribution is -2.54. The number of nitrogens with one attached hydrogen (secondary N) is 1. The van der Waals surface area contributed by atoms with Gasteiger partial charge in [0, 0.05) is 38.1 Å². The maximum atomic E-state index is 14.0. The lowest BCUT2D eigenvalue weighted by molar-refractivity contribution is -0.140. The number of para-hydroxylation sites is 1. The topological polar surface area (TPSA) is 90.0 Å². The van der Waals surface area contributed by atoms with Crippen LogP contribution in [0.3, 0.4) is 0 Å². The third-order valence-electron chi connectivity index (χ3n) is 5.93. The highest BCUT2D eigenvalue weighted by molar-refractivity contribution is 9.10. The SMILES string of the molecule is CCNC(=O)[C@H](Cc1ccccc1)N(Cc1cccc(Br)c1)C(=O)CN(c1ccccc1)S(=O)(=O)N(C)C. The van der Waals surface area contributed by atoms with E-state index in [-0.39, 0.29) is 18.9 Å². The number of nitrogens with zero attached hydrogens (tertiary/aromatic N) is 3. The zero-order chi connectivity index (χ0) is 27.7. The molecule has 38 heavy (non-hydrogen) atoms. The molecule has 0 bridgehead atoms. The first-order chi connectivity index (χ1) is 18.1. The fourth-order valence-corrected chi connectivity index (χ4v) is 5.49. The van der Waals surface area contributed by atoms with Crippen molar-refractivity contribution >= 4 is 43.6 Å². The summed E-state index contributed by atoms with van der Waals surface area (Å²) < 4.78 is 29.5. The number of carbonyl (C=O) groups excluding carboxylic acids is 2. The summed E-state index contributed by atoms with van der Waals surface area (Å²) in [5, 5.41) is 2.85. The van der Waals surface area contributed by atoms with Gasteiger partial charge in [0.15, 0.2) is 0 Å². The van der Waals surface area contributed by atoms with Crippen LogP contribution in [0, 0.1) is 0 Å². The van der Waals surface area contributed by atoms with Gasteiger partial charge in [-0.1, -0.05) is 76.6 Å². The molecule has 0 fully saturated rings. The van der Waals surface area contributed by atoms with E-state index in [1.54, 1.807) is 30.3 Å². The van der Waals surface area contributed by atoms with Gasteiger partial charge in [-0.15, -0.1) is 0 Å². The van der Waals surface area contributed by atoms with Crippen LogP contribution in [0.4, 0.5) is 5.69 Å². The number of benzene rings is 3. The molecule has 3 aromatic carbocycles. The molecule has 3 aromatic rings. The molecule has 0 spiro atoms. The van der Waals surface area contributed by atoms with Gasteiger partial charge in [-0.25, -0.2) is 4.31 Å². The Morgan fingerprint density at radius 2 is 1.50 bits per heavy atom. The number of likely N-dealkylation sites (N-methyl/N-ethyl adjacent to an activating group) is 1. The van der Waals surface area contributed by atoms with Crippen molar-refractivity contribution in [1.29, 1.82) is 0 Å². The molecule has 10 heteroatoms. The van der Waals surface area contributed by atoms with Crippen molar-refractivity contribution in [3.63, 3.8) is 0 Å². The molecular formula is C28H33BrN4O4S. The Kier molecular flexibility index (Phi) is 10.5. The van der Waals surface area contributed by atoms with Gasteiger partial charge >= 0.3 is 10.2 Å². The van der Waals surface area contributed by atoms with Gasteiger partial charge in [0.25, 0.3) is 0 Å². The Morgan fingerprint density at radius 1 is 0.895 bits per heavy atom. The van der Waals surface area contributed by atoms with Crippen LogP contribution < -0.4 is 9.62 Å². The number of hydrogen-bond donors (Lipinski definition) is 1. The van der Waals surface area contributed by atoms with Gasteiger partial charge in [0.1, 0.15) is 12.6 Å². The first kappa shape index (κ1) is 29.3. The fraction of sp³-hybridized carbons (Fsp3) is 0.286. The van der Waals surface area contributed by atoms with Crippen LogP contribution in [-0.4, -0.2) is 62.7 Å². The Labute approximate surface area is 233 Å². The van der Waals surface area contributed by atoms with E-state index in [9.17, 15) is 18.0 Å².